The first-order chi connectivity index (χ1) is 4.91. The van der Waals surface area contributed by atoms with E-state index in [9.17, 15) is 0 Å². The molecule has 0 aromatic heterocycles. The van der Waals surface area contributed by atoms with Crippen LogP contribution in [0.4, 0.5) is 0 Å². The second-order valence-electron chi connectivity index (χ2n) is 1.55. The number of nitrogens with one attached hydrogen (secondary N) is 1. The molecule has 0 radical (unpaired) electrons. The average Bonchev–Trinajstić information content (AvgIpc) is 2.02. The van der Waals surface area contributed by atoms with E-state index in [4.69, 9.17) is 4.74 Å². The fourth-order valence-electron chi connectivity index (χ4n) is 0.465. The summed E-state index contributed by atoms with van der Waals surface area (Å²) >= 11 is 0. The van der Waals surface area contributed by atoms with Crippen LogP contribution in [0.3, 0.4) is 0 Å². The topological polar surface area (TPSA) is 21.3 Å². The summed E-state index contributed by atoms with van der Waals surface area (Å²) in [7, 11) is 0. The Morgan fingerprint density at radius 1 is 1.20 bits per heavy atom. The van der Waals surface area contributed by atoms with Gasteiger partial charge in [-0.2, -0.15) is 0 Å². The third-order valence-electron chi connectivity index (χ3n) is 0.877. The molecule has 0 aromatic carbocycles. The number of likely N-dealkylation sites (N-methyl/N-ethyl adjacent to an activating group) is 1. The minimum Gasteiger partial charge on any atom is -0.380 e. The van der Waals surface area contributed by atoms with Gasteiger partial charge in [-0.1, -0.05) is 20.8 Å². The molecule has 64 valence electrons. The van der Waals surface area contributed by atoms with Gasteiger partial charge in [0.2, 0.25) is 0 Å². The SMILES string of the molecule is CC.CCNCCOCC. The molecule has 0 saturated carbocycles. The molecule has 0 unspecified atom stereocenters. The van der Waals surface area contributed by atoms with Crippen LogP contribution in [-0.2, 0) is 4.74 Å². The molecular formula is C8H21NO. The molecule has 2 heteroatoms. The Kier molecular flexibility index (Phi) is 20.1. The van der Waals surface area contributed by atoms with Gasteiger partial charge >= 0.3 is 0 Å². The first-order valence-electron chi connectivity index (χ1n) is 4.20. The van der Waals surface area contributed by atoms with Crippen molar-refractivity contribution in [1.29, 1.82) is 0 Å². The van der Waals surface area contributed by atoms with Gasteiger partial charge in [0.1, 0.15) is 0 Å². The molecule has 2 nitrogen and oxygen atoms in total. The van der Waals surface area contributed by atoms with E-state index < -0.39 is 0 Å². The molecule has 0 aliphatic carbocycles. The van der Waals surface area contributed by atoms with Gasteiger partial charge in [-0.25, -0.2) is 0 Å². The van der Waals surface area contributed by atoms with Crippen molar-refractivity contribution in [2.45, 2.75) is 27.7 Å². The van der Waals surface area contributed by atoms with Crippen LogP contribution in [0.2, 0.25) is 0 Å². The molecule has 0 spiro atoms. The number of ether oxygens (including phenoxy) is 1. The fraction of sp³-hybridized carbons (Fsp3) is 1.00. The predicted molar refractivity (Wildman–Crippen MR) is 46.4 cm³/mol. The second-order valence-corrected chi connectivity index (χ2v) is 1.55. The molecule has 0 amide bonds. The van der Waals surface area contributed by atoms with Crippen molar-refractivity contribution in [2.75, 3.05) is 26.3 Å². The third kappa shape index (κ3) is 15.7. The molecule has 0 aliphatic rings. The summed E-state index contributed by atoms with van der Waals surface area (Å²) in [6.45, 7) is 11.8. The van der Waals surface area contributed by atoms with Crippen LogP contribution in [0.1, 0.15) is 27.7 Å². The quantitative estimate of drug-likeness (QED) is 0.597. The Hall–Kier alpha value is -0.0800. The molecule has 0 saturated heterocycles. The average molecular weight is 147 g/mol. The van der Waals surface area contributed by atoms with Crippen molar-refractivity contribution >= 4 is 0 Å². The largest absolute Gasteiger partial charge is 0.380 e. The lowest BCUT2D eigenvalue weighted by Crippen LogP contribution is -2.18. The molecule has 0 rings (SSSR count). The number of hydrogen-bond acceptors (Lipinski definition) is 2. The van der Waals surface area contributed by atoms with E-state index in [-0.39, 0.29) is 0 Å². The zero-order chi connectivity index (χ0) is 8.24. The van der Waals surface area contributed by atoms with Crippen LogP contribution in [0.25, 0.3) is 0 Å². The van der Waals surface area contributed by atoms with E-state index in [1.807, 2.05) is 20.8 Å². The van der Waals surface area contributed by atoms with Crippen molar-refractivity contribution in [2.24, 2.45) is 0 Å². The van der Waals surface area contributed by atoms with Crippen molar-refractivity contribution in [3.63, 3.8) is 0 Å². The molecule has 10 heavy (non-hydrogen) atoms. The normalized spacial score (nSPS) is 8.40. The van der Waals surface area contributed by atoms with E-state index >= 15 is 0 Å². The molecule has 0 aliphatic heterocycles. The van der Waals surface area contributed by atoms with Crippen LogP contribution in [0.5, 0.6) is 0 Å². The maximum absolute atomic E-state index is 5.07. The molecule has 0 atom stereocenters. The van der Waals surface area contributed by atoms with E-state index in [0.29, 0.717) is 0 Å². The molecule has 0 aromatic rings. The van der Waals surface area contributed by atoms with Gasteiger partial charge in [0.15, 0.2) is 0 Å². The van der Waals surface area contributed by atoms with Crippen molar-refractivity contribution in [3.8, 4) is 0 Å². The van der Waals surface area contributed by atoms with Crippen molar-refractivity contribution in [3.05, 3.63) is 0 Å². The Bertz CT molecular complexity index is 34.2. The minimum absolute atomic E-state index is 0.825. The monoisotopic (exact) mass is 147 g/mol. The summed E-state index contributed by atoms with van der Waals surface area (Å²) in [6.07, 6.45) is 0. The Morgan fingerprint density at radius 2 is 1.80 bits per heavy atom. The summed E-state index contributed by atoms with van der Waals surface area (Å²) < 4.78 is 5.07. The third-order valence-corrected chi connectivity index (χ3v) is 0.877. The van der Waals surface area contributed by atoms with Crippen molar-refractivity contribution < 1.29 is 4.74 Å². The fourth-order valence-corrected chi connectivity index (χ4v) is 0.465. The Balaban J connectivity index is 0. The highest BCUT2D eigenvalue weighted by molar-refractivity contribution is 4.38. The van der Waals surface area contributed by atoms with Crippen LogP contribution < -0.4 is 5.32 Å². The summed E-state index contributed by atoms with van der Waals surface area (Å²) in [4.78, 5) is 0. The second kappa shape index (κ2) is 16.0. The Labute approximate surface area is 65.0 Å². The van der Waals surface area contributed by atoms with Crippen LogP contribution >= 0.6 is 0 Å². The molecular weight excluding hydrogens is 126 g/mol. The highest BCUT2D eigenvalue weighted by Gasteiger charge is 1.80. The molecule has 0 fully saturated rings. The van der Waals surface area contributed by atoms with Gasteiger partial charge in [-0.3, -0.25) is 0 Å². The van der Waals surface area contributed by atoms with Gasteiger partial charge < -0.3 is 10.1 Å². The van der Waals surface area contributed by atoms with Gasteiger partial charge in [0, 0.05) is 13.2 Å². The highest BCUT2D eigenvalue weighted by atomic mass is 16.5. The lowest BCUT2D eigenvalue weighted by atomic mass is 10.6. The predicted octanol–water partition coefficient (Wildman–Crippen LogP) is 1.66. The van der Waals surface area contributed by atoms with Crippen molar-refractivity contribution in [1.82, 2.24) is 5.32 Å². The smallest absolute Gasteiger partial charge is 0.0590 e. The first-order valence-corrected chi connectivity index (χ1v) is 4.20. The van der Waals surface area contributed by atoms with Gasteiger partial charge in [-0.15, -0.1) is 0 Å². The lowest BCUT2D eigenvalue weighted by Gasteiger charge is -1.99. The zero-order valence-corrected chi connectivity index (χ0v) is 7.74. The maximum atomic E-state index is 5.07. The molecule has 0 bridgehead atoms. The van der Waals surface area contributed by atoms with Crippen LogP contribution in [0, 0.1) is 0 Å². The summed E-state index contributed by atoms with van der Waals surface area (Å²) in [5, 5.41) is 3.16. The lowest BCUT2D eigenvalue weighted by molar-refractivity contribution is 0.149. The Morgan fingerprint density at radius 3 is 2.20 bits per heavy atom. The summed E-state index contributed by atoms with van der Waals surface area (Å²) in [5.41, 5.74) is 0. The van der Waals surface area contributed by atoms with E-state index in [2.05, 4.69) is 12.2 Å². The number of hydrogen-bond donors (Lipinski definition) is 1. The standard InChI is InChI=1S/C6H15NO.C2H6/c1-3-7-5-6-8-4-2;1-2/h7H,3-6H2,1-2H3;1-2H3. The number of rotatable bonds is 5. The van der Waals surface area contributed by atoms with Gasteiger partial charge in [-0.05, 0) is 13.5 Å². The summed E-state index contributed by atoms with van der Waals surface area (Å²) in [6, 6.07) is 0. The zero-order valence-electron chi connectivity index (χ0n) is 7.74. The highest BCUT2D eigenvalue weighted by Crippen LogP contribution is 1.68. The van der Waals surface area contributed by atoms with E-state index in [0.717, 1.165) is 26.3 Å². The summed E-state index contributed by atoms with van der Waals surface area (Å²) in [5.74, 6) is 0. The molecule has 1 N–H and O–H groups in total. The van der Waals surface area contributed by atoms with Gasteiger partial charge in [0.25, 0.3) is 0 Å². The molecule has 0 heterocycles. The van der Waals surface area contributed by atoms with Crippen LogP contribution in [0.15, 0.2) is 0 Å². The minimum atomic E-state index is 0.825. The maximum Gasteiger partial charge on any atom is 0.0590 e. The van der Waals surface area contributed by atoms with Crippen LogP contribution in [-0.4, -0.2) is 26.3 Å². The van der Waals surface area contributed by atoms with E-state index in [1.54, 1.807) is 0 Å². The first kappa shape index (κ1) is 12.6. The van der Waals surface area contributed by atoms with Gasteiger partial charge in [0.05, 0.1) is 6.61 Å². The van der Waals surface area contributed by atoms with E-state index in [1.165, 1.54) is 0 Å².